The molecule has 5 nitrogen and oxygen atoms in total. The van der Waals surface area contributed by atoms with Gasteiger partial charge in [0, 0.05) is 16.3 Å². The second kappa shape index (κ2) is 8.10. The normalized spacial score (nSPS) is 10.5. The number of amides is 2. The van der Waals surface area contributed by atoms with E-state index in [2.05, 4.69) is 15.8 Å². The molecule has 23 heavy (non-hydrogen) atoms. The summed E-state index contributed by atoms with van der Waals surface area (Å²) in [6.07, 6.45) is 2.29. The molecular weight excluding hydrogens is 314 g/mol. The van der Waals surface area contributed by atoms with E-state index < -0.39 is 11.8 Å². The number of nitrogens with one attached hydrogen (secondary N) is 2. The number of hydrazone groups is 1. The number of hydrogen-bond acceptors (Lipinski definition) is 3. The molecule has 0 atom stereocenters. The highest BCUT2D eigenvalue weighted by Gasteiger charge is 2.12. The highest BCUT2D eigenvalue weighted by Crippen LogP contribution is 2.12. The largest absolute Gasteiger partial charge is 0.329 e. The smallest absolute Gasteiger partial charge is 0.318 e. The van der Waals surface area contributed by atoms with Crippen molar-refractivity contribution in [3.05, 3.63) is 64.7 Å². The highest BCUT2D eigenvalue weighted by molar-refractivity contribution is 6.39. The van der Waals surface area contributed by atoms with Gasteiger partial charge in [-0.2, -0.15) is 5.10 Å². The fraction of sp³-hybridized carbons (Fsp3) is 0.118. The minimum absolute atomic E-state index is 0.506. The lowest BCUT2D eigenvalue weighted by molar-refractivity contribution is -0.136. The Bertz CT molecular complexity index is 727. The number of halogens is 1. The van der Waals surface area contributed by atoms with Crippen molar-refractivity contribution in [2.45, 2.75) is 13.3 Å². The number of anilines is 1. The van der Waals surface area contributed by atoms with Crippen molar-refractivity contribution in [2.75, 3.05) is 5.32 Å². The molecule has 2 N–H and O–H groups in total. The molecule has 0 heterocycles. The van der Waals surface area contributed by atoms with Crippen molar-refractivity contribution in [3.8, 4) is 0 Å². The Balaban J connectivity index is 1.89. The van der Waals surface area contributed by atoms with Crippen LogP contribution in [0.25, 0.3) is 0 Å². The summed E-state index contributed by atoms with van der Waals surface area (Å²) >= 11 is 5.95. The van der Waals surface area contributed by atoms with Crippen molar-refractivity contribution >= 4 is 35.3 Å². The first-order valence-electron chi connectivity index (χ1n) is 7.08. The lowest BCUT2D eigenvalue weighted by Crippen LogP contribution is -2.32. The van der Waals surface area contributed by atoms with Crippen LogP contribution in [-0.2, 0) is 16.0 Å². The monoisotopic (exact) mass is 329 g/mol. The van der Waals surface area contributed by atoms with Crippen LogP contribution in [0.15, 0.2) is 53.6 Å². The Morgan fingerprint density at radius 1 is 1.09 bits per heavy atom. The van der Waals surface area contributed by atoms with Gasteiger partial charge in [0.05, 0.1) is 6.21 Å². The first-order valence-corrected chi connectivity index (χ1v) is 7.46. The third-order valence-corrected chi connectivity index (χ3v) is 3.45. The second-order valence-electron chi connectivity index (χ2n) is 4.73. The predicted molar refractivity (Wildman–Crippen MR) is 91.6 cm³/mol. The molecule has 0 saturated carbocycles. The van der Waals surface area contributed by atoms with Gasteiger partial charge >= 0.3 is 11.8 Å². The van der Waals surface area contributed by atoms with Gasteiger partial charge in [-0.05, 0) is 30.2 Å². The molecule has 0 aliphatic carbocycles. The van der Waals surface area contributed by atoms with Gasteiger partial charge in [0.15, 0.2) is 0 Å². The Morgan fingerprint density at radius 3 is 2.43 bits per heavy atom. The number of nitrogens with zero attached hydrogens (tertiary/aromatic N) is 1. The van der Waals surface area contributed by atoms with E-state index in [-0.39, 0.29) is 0 Å². The van der Waals surface area contributed by atoms with E-state index in [1.807, 2.05) is 19.1 Å². The molecule has 2 amide bonds. The Labute approximate surface area is 139 Å². The quantitative estimate of drug-likeness (QED) is 0.514. The topological polar surface area (TPSA) is 70.6 Å². The molecule has 2 aromatic carbocycles. The zero-order chi connectivity index (χ0) is 16.7. The van der Waals surface area contributed by atoms with Crippen molar-refractivity contribution in [2.24, 2.45) is 5.10 Å². The number of carbonyl (C=O) groups is 2. The van der Waals surface area contributed by atoms with E-state index in [1.165, 1.54) is 6.21 Å². The molecule has 0 unspecified atom stereocenters. The average Bonchev–Trinajstić information content (AvgIpc) is 2.57. The standard InChI is InChI=1S/C17H16ClN3O2/c1-2-12-7-9-14(10-8-12)20-16(22)17(23)21-19-11-13-5-3-4-6-15(13)18/h3-11H,2H2,1H3,(H,20,22)(H,21,23)/b19-11-. The van der Waals surface area contributed by atoms with Gasteiger partial charge in [0.25, 0.3) is 0 Å². The molecule has 0 radical (unpaired) electrons. The average molecular weight is 330 g/mol. The molecule has 0 aliphatic rings. The summed E-state index contributed by atoms with van der Waals surface area (Å²) in [5, 5.41) is 6.73. The molecule has 0 spiro atoms. The summed E-state index contributed by atoms with van der Waals surface area (Å²) in [5.74, 6) is -1.64. The van der Waals surface area contributed by atoms with Crippen LogP contribution in [0.3, 0.4) is 0 Å². The first kappa shape index (κ1) is 16.7. The Kier molecular flexibility index (Phi) is 5.88. The molecule has 2 rings (SSSR count). The Hall–Kier alpha value is -2.66. The SMILES string of the molecule is CCc1ccc(NC(=O)C(=O)N/N=C\c2ccccc2Cl)cc1. The van der Waals surface area contributed by atoms with Gasteiger partial charge < -0.3 is 5.32 Å². The van der Waals surface area contributed by atoms with E-state index in [0.717, 1.165) is 12.0 Å². The summed E-state index contributed by atoms with van der Waals surface area (Å²) in [6.45, 7) is 2.04. The lowest BCUT2D eigenvalue weighted by atomic mass is 10.1. The molecule has 0 bridgehead atoms. The molecule has 0 aliphatic heterocycles. The van der Waals surface area contributed by atoms with Crippen molar-refractivity contribution < 1.29 is 9.59 Å². The second-order valence-corrected chi connectivity index (χ2v) is 5.13. The maximum absolute atomic E-state index is 11.8. The number of aryl methyl sites for hydroxylation is 1. The summed E-state index contributed by atoms with van der Waals surface area (Å²) < 4.78 is 0. The van der Waals surface area contributed by atoms with Crippen LogP contribution < -0.4 is 10.7 Å². The van der Waals surface area contributed by atoms with Crippen LogP contribution in [0, 0.1) is 0 Å². The fourth-order valence-corrected chi connectivity index (χ4v) is 1.99. The zero-order valence-corrected chi connectivity index (χ0v) is 13.3. The summed E-state index contributed by atoms with van der Waals surface area (Å²) in [6, 6.07) is 14.3. The number of carbonyl (C=O) groups excluding carboxylic acids is 2. The minimum atomic E-state index is -0.854. The molecular formula is C17H16ClN3O2. The molecule has 118 valence electrons. The van der Waals surface area contributed by atoms with E-state index in [1.54, 1.807) is 36.4 Å². The summed E-state index contributed by atoms with van der Waals surface area (Å²) in [7, 11) is 0. The first-order chi connectivity index (χ1) is 11.1. The van der Waals surface area contributed by atoms with E-state index >= 15 is 0 Å². The number of rotatable bonds is 4. The minimum Gasteiger partial charge on any atom is -0.318 e. The van der Waals surface area contributed by atoms with Crippen LogP contribution in [-0.4, -0.2) is 18.0 Å². The third kappa shape index (κ3) is 4.93. The van der Waals surface area contributed by atoms with Gasteiger partial charge in [-0.15, -0.1) is 0 Å². The van der Waals surface area contributed by atoms with Gasteiger partial charge in [0.2, 0.25) is 0 Å². The van der Waals surface area contributed by atoms with E-state index in [9.17, 15) is 9.59 Å². The molecule has 0 fully saturated rings. The predicted octanol–water partition coefficient (Wildman–Crippen LogP) is 2.99. The molecule has 6 heteroatoms. The van der Waals surface area contributed by atoms with Crippen LogP contribution in [0.2, 0.25) is 5.02 Å². The maximum atomic E-state index is 11.8. The van der Waals surface area contributed by atoms with E-state index in [4.69, 9.17) is 11.6 Å². The number of hydrogen-bond donors (Lipinski definition) is 2. The third-order valence-electron chi connectivity index (χ3n) is 3.10. The van der Waals surface area contributed by atoms with Gasteiger partial charge in [-0.1, -0.05) is 48.9 Å². The van der Waals surface area contributed by atoms with Gasteiger partial charge in [-0.25, -0.2) is 5.43 Å². The highest BCUT2D eigenvalue weighted by atomic mass is 35.5. The van der Waals surface area contributed by atoms with Crippen LogP contribution in [0.4, 0.5) is 5.69 Å². The Morgan fingerprint density at radius 2 is 1.78 bits per heavy atom. The molecule has 2 aromatic rings. The zero-order valence-electron chi connectivity index (χ0n) is 12.5. The number of benzene rings is 2. The van der Waals surface area contributed by atoms with Gasteiger partial charge in [-0.3, -0.25) is 9.59 Å². The lowest BCUT2D eigenvalue weighted by Gasteiger charge is -2.04. The van der Waals surface area contributed by atoms with Crippen LogP contribution in [0.1, 0.15) is 18.1 Å². The van der Waals surface area contributed by atoms with Crippen LogP contribution >= 0.6 is 11.6 Å². The molecule has 0 saturated heterocycles. The fourth-order valence-electron chi connectivity index (χ4n) is 1.80. The van der Waals surface area contributed by atoms with Crippen molar-refractivity contribution in [3.63, 3.8) is 0 Å². The summed E-state index contributed by atoms with van der Waals surface area (Å²) in [5.41, 5.74) is 4.51. The molecule has 0 aromatic heterocycles. The maximum Gasteiger partial charge on any atom is 0.329 e. The van der Waals surface area contributed by atoms with E-state index in [0.29, 0.717) is 16.3 Å². The summed E-state index contributed by atoms with van der Waals surface area (Å²) in [4.78, 5) is 23.4. The van der Waals surface area contributed by atoms with Crippen molar-refractivity contribution in [1.29, 1.82) is 0 Å². The van der Waals surface area contributed by atoms with Crippen LogP contribution in [0.5, 0.6) is 0 Å². The van der Waals surface area contributed by atoms with Crippen molar-refractivity contribution in [1.82, 2.24) is 5.43 Å². The van der Waals surface area contributed by atoms with Gasteiger partial charge in [0.1, 0.15) is 0 Å².